The van der Waals surface area contributed by atoms with Gasteiger partial charge in [0.1, 0.15) is 0 Å². The Bertz CT molecular complexity index is 193. The summed E-state index contributed by atoms with van der Waals surface area (Å²) in [4.78, 5) is 0. The van der Waals surface area contributed by atoms with E-state index in [1.54, 1.807) is 0 Å². The molecule has 1 aliphatic rings. The molecule has 0 aromatic heterocycles. The number of hydrogen-bond acceptors (Lipinski definition) is 1. The van der Waals surface area contributed by atoms with Crippen LogP contribution in [0, 0.1) is 17.8 Å². The topological polar surface area (TPSA) is 12.0 Å². The molecule has 1 nitrogen and oxygen atoms in total. The highest BCUT2D eigenvalue weighted by molar-refractivity contribution is 4.96. The molecule has 0 aliphatic heterocycles. The van der Waals surface area contributed by atoms with Crippen molar-refractivity contribution in [3.63, 3.8) is 0 Å². The summed E-state index contributed by atoms with van der Waals surface area (Å²) in [6, 6.07) is 0.725. The minimum Gasteiger partial charge on any atom is -0.314 e. The molecule has 1 atom stereocenters. The van der Waals surface area contributed by atoms with Crippen LogP contribution in [0.5, 0.6) is 0 Å². The highest BCUT2D eigenvalue weighted by atomic mass is 14.9. The van der Waals surface area contributed by atoms with Gasteiger partial charge in [-0.25, -0.2) is 0 Å². The van der Waals surface area contributed by atoms with Gasteiger partial charge in [-0.3, -0.25) is 0 Å². The highest BCUT2D eigenvalue weighted by Crippen LogP contribution is 2.29. The van der Waals surface area contributed by atoms with Gasteiger partial charge in [0, 0.05) is 12.5 Å². The lowest BCUT2D eigenvalue weighted by molar-refractivity contribution is 0.349. The summed E-state index contributed by atoms with van der Waals surface area (Å²) in [5.41, 5.74) is 0. The average molecular weight is 193 g/mol. The molecular formula is C13H23N. The van der Waals surface area contributed by atoms with Crippen LogP contribution in [0.1, 0.15) is 52.4 Å². The van der Waals surface area contributed by atoms with Gasteiger partial charge in [-0.1, -0.05) is 19.8 Å². The molecular weight excluding hydrogens is 170 g/mol. The number of rotatable bonds is 5. The van der Waals surface area contributed by atoms with Crippen LogP contribution in [0.2, 0.25) is 0 Å². The molecule has 0 aromatic carbocycles. The molecule has 1 aliphatic carbocycles. The third-order valence-corrected chi connectivity index (χ3v) is 3.19. The van der Waals surface area contributed by atoms with Crippen LogP contribution in [-0.4, -0.2) is 12.6 Å². The summed E-state index contributed by atoms with van der Waals surface area (Å²) in [7, 11) is 0. The van der Waals surface area contributed by atoms with E-state index in [-0.39, 0.29) is 0 Å². The maximum Gasteiger partial charge on any atom is 0.0104 e. The average Bonchev–Trinajstić information content (AvgIpc) is 2.70. The molecule has 1 saturated carbocycles. The molecule has 0 heterocycles. The molecule has 0 radical (unpaired) electrons. The van der Waals surface area contributed by atoms with Gasteiger partial charge in [0.25, 0.3) is 0 Å². The van der Waals surface area contributed by atoms with Gasteiger partial charge in [0.15, 0.2) is 0 Å². The quantitative estimate of drug-likeness (QED) is 0.662. The summed E-state index contributed by atoms with van der Waals surface area (Å²) in [6.45, 7) is 5.23. The van der Waals surface area contributed by atoms with Crippen LogP contribution in [0.3, 0.4) is 0 Å². The van der Waals surface area contributed by atoms with E-state index in [4.69, 9.17) is 0 Å². The molecule has 0 amide bonds. The molecule has 1 heteroatoms. The second-order valence-corrected chi connectivity index (χ2v) is 4.17. The molecule has 80 valence electrons. The SMILES string of the molecule is CC#CCCC(NCC)C1CCCC1. The first-order chi connectivity index (χ1) is 6.88. The Morgan fingerprint density at radius 2 is 2.07 bits per heavy atom. The van der Waals surface area contributed by atoms with Gasteiger partial charge in [0.05, 0.1) is 0 Å². The van der Waals surface area contributed by atoms with Gasteiger partial charge in [-0.05, 0) is 38.6 Å². The second kappa shape index (κ2) is 6.90. The molecule has 0 spiro atoms. The van der Waals surface area contributed by atoms with Crippen molar-refractivity contribution in [1.29, 1.82) is 0 Å². The zero-order chi connectivity index (χ0) is 10.2. The van der Waals surface area contributed by atoms with Crippen LogP contribution in [0.4, 0.5) is 0 Å². The van der Waals surface area contributed by atoms with Gasteiger partial charge in [-0.2, -0.15) is 0 Å². The van der Waals surface area contributed by atoms with Crippen LogP contribution < -0.4 is 5.32 Å². The van der Waals surface area contributed by atoms with Gasteiger partial charge in [-0.15, -0.1) is 11.8 Å². The van der Waals surface area contributed by atoms with Gasteiger partial charge < -0.3 is 5.32 Å². The van der Waals surface area contributed by atoms with Crippen molar-refractivity contribution in [2.45, 2.75) is 58.4 Å². The molecule has 1 unspecified atom stereocenters. The summed E-state index contributed by atoms with van der Waals surface area (Å²) in [5, 5.41) is 3.62. The van der Waals surface area contributed by atoms with Crippen LogP contribution in [-0.2, 0) is 0 Å². The predicted octanol–water partition coefficient (Wildman–Crippen LogP) is 2.96. The van der Waals surface area contributed by atoms with Crippen LogP contribution in [0.15, 0.2) is 0 Å². The predicted molar refractivity (Wildman–Crippen MR) is 62.1 cm³/mol. The van der Waals surface area contributed by atoms with E-state index in [0.29, 0.717) is 0 Å². The van der Waals surface area contributed by atoms with Crippen LogP contribution in [0.25, 0.3) is 0 Å². The smallest absolute Gasteiger partial charge is 0.0104 e. The Morgan fingerprint density at radius 3 is 2.64 bits per heavy atom. The Balaban J connectivity index is 2.31. The fourth-order valence-electron chi connectivity index (χ4n) is 2.48. The van der Waals surface area contributed by atoms with E-state index in [2.05, 4.69) is 24.1 Å². The Hall–Kier alpha value is -0.480. The zero-order valence-electron chi connectivity index (χ0n) is 9.60. The monoisotopic (exact) mass is 193 g/mol. The van der Waals surface area contributed by atoms with Crippen molar-refractivity contribution >= 4 is 0 Å². The van der Waals surface area contributed by atoms with Gasteiger partial charge in [0.2, 0.25) is 0 Å². The minimum atomic E-state index is 0.725. The summed E-state index contributed by atoms with van der Waals surface area (Å²) in [6.07, 6.45) is 8.02. The van der Waals surface area contributed by atoms with E-state index in [1.807, 2.05) is 6.92 Å². The molecule has 0 saturated heterocycles. The first-order valence-corrected chi connectivity index (χ1v) is 6.01. The summed E-state index contributed by atoms with van der Waals surface area (Å²) in [5.74, 6) is 7.07. The largest absolute Gasteiger partial charge is 0.314 e. The van der Waals surface area contributed by atoms with E-state index >= 15 is 0 Å². The normalized spacial score (nSPS) is 19.0. The van der Waals surface area contributed by atoms with E-state index in [0.717, 1.165) is 24.9 Å². The Morgan fingerprint density at radius 1 is 1.36 bits per heavy atom. The lowest BCUT2D eigenvalue weighted by Crippen LogP contribution is -2.34. The Kier molecular flexibility index (Phi) is 5.71. The third-order valence-electron chi connectivity index (χ3n) is 3.19. The fourth-order valence-corrected chi connectivity index (χ4v) is 2.48. The summed E-state index contributed by atoms with van der Waals surface area (Å²) >= 11 is 0. The molecule has 0 bridgehead atoms. The van der Waals surface area contributed by atoms with Gasteiger partial charge >= 0.3 is 0 Å². The van der Waals surface area contributed by atoms with E-state index < -0.39 is 0 Å². The fraction of sp³-hybridized carbons (Fsp3) is 0.846. The molecule has 0 aromatic rings. The van der Waals surface area contributed by atoms with Crippen molar-refractivity contribution in [3.05, 3.63) is 0 Å². The molecule has 14 heavy (non-hydrogen) atoms. The maximum atomic E-state index is 3.62. The lowest BCUT2D eigenvalue weighted by Gasteiger charge is -2.23. The minimum absolute atomic E-state index is 0.725. The van der Waals surface area contributed by atoms with Crippen molar-refractivity contribution in [3.8, 4) is 11.8 Å². The first-order valence-electron chi connectivity index (χ1n) is 6.01. The number of hydrogen-bond donors (Lipinski definition) is 1. The van der Waals surface area contributed by atoms with Crippen molar-refractivity contribution in [1.82, 2.24) is 5.32 Å². The molecule has 1 N–H and O–H groups in total. The lowest BCUT2D eigenvalue weighted by atomic mass is 9.94. The van der Waals surface area contributed by atoms with Crippen molar-refractivity contribution in [2.75, 3.05) is 6.54 Å². The zero-order valence-corrected chi connectivity index (χ0v) is 9.60. The number of nitrogens with one attached hydrogen (secondary N) is 1. The first kappa shape index (κ1) is 11.6. The standard InChI is InChI=1S/C13H23N/c1-3-5-6-11-13(14-4-2)12-9-7-8-10-12/h12-14H,4,6-11H2,1-2H3. The second-order valence-electron chi connectivity index (χ2n) is 4.17. The van der Waals surface area contributed by atoms with Crippen molar-refractivity contribution < 1.29 is 0 Å². The molecule has 1 fully saturated rings. The van der Waals surface area contributed by atoms with E-state index in [1.165, 1.54) is 32.1 Å². The molecule has 1 rings (SSSR count). The third kappa shape index (κ3) is 3.72. The van der Waals surface area contributed by atoms with Crippen LogP contribution >= 0.6 is 0 Å². The van der Waals surface area contributed by atoms with E-state index in [9.17, 15) is 0 Å². The summed E-state index contributed by atoms with van der Waals surface area (Å²) < 4.78 is 0. The van der Waals surface area contributed by atoms with Crippen molar-refractivity contribution in [2.24, 2.45) is 5.92 Å². The highest BCUT2D eigenvalue weighted by Gasteiger charge is 2.23. The Labute approximate surface area is 88.7 Å². The maximum absolute atomic E-state index is 3.62.